The third-order valence-electron chi connectivity index (χ3n) is 4.12. The van der Waals surface area contributed by atoms with E-state index in [4.69, 9.17) is 0 Å². The van der Waals surface area contributed by atoms with Gasteiger partial charge in [-0.2, -0.15) is 0 Å². The van der Waals surface area contributed by atoms with Gasteiger partial charge in [0.2, 0.25) is 0 Å². The van der Waals surface area contributed by atoms with Gasteiger partial charge in [-0.25, -0.2) is 0 Å². The number of aryl methyl sites for hydroxylation is 2. The van der Waals surface area contributed by atoms with E-state index in [0.29, 0.717) is 0 Å². The van der Waals surface area contributed by atoms with Crippen molar-refractivity contribution in [2.24, 2.45) is 0 Å². The maximum absolute atomic E-state index is 2.36. The Bertz CT molecular complexity index is 943. The summed E-state index contributed by atoms with van der Waals surface area (Å²) >= 11 is 0. The third-order valence-corrected chi connectivity index (χ3v) is 4.12. The molecular weight excluding hydrogens is 254 g/mol. The minimum absolute atomic E-state index is 1.22. The molecule has 1 heteroatoms. The molecule has 1 heterocycles. The Labute approximate surface area is 124 Å². The molecule has 0 radical (unpaired) electrons. The Kier molecular flexibility index (Phi) is 2.61. The van der Waals surface area contributed by atoms with Gasteiger partial charge in [0.25, 0.3) is 0 Å². The monoisotopic (exact) mass is 271 g/mol. The lowest BCUT2D eigenvalue weighted by Crippen LogP contribution is -1.93. The summed E-state index contributed by atoms with van der Waals surface area (Å²) in [5, 5.41) is 2.63. The van der Waals surface area contributed by atoms with Crippen LogP contribution in [0.4, 0.5) is 0 Å². The van der Waals surface area contributed by atoms with Crippen LogP contribution >= 0.6 is 0 Å². The lowest BCUT2D eigenvalue weighted by atomic mass is 10.1. The van der Waals surface area contributed by atoms with Gasteiger partial charge in [-0.05, 0) is 43.7 Å². The summed E-state index contributed by atoms with van der Waals surface area (Å²) in [5.41, 5.74) is 6.34. The Hall–Kier alpha value is -2.54. The highest BCUT2D eigenvalue weighted by Gasteiger charge is 2.11. The molecule has 0 atom stereocenters. The summed E-state index contributed by atoms with van der Waals surface area (Å²) in [4.78, 5) is 0. The average Bonchev–Trinajstić information content (AvgIpc) is 2.82. The minimum atomic E-state index is 1.22. The van der Waals surface area contributed by atoms with Crippen molar-refractivity contribution in [3.05, 3.63) is 77.9 Å². The molecule has 0 amide bonds. The van der Waals surface area contributed by atoms with Gasteiger partial charge in [0.05, 0.1) is 11.0 Å². The zero-order valence-electron chi connectivity index (χ0n) is 12.3. The maximum atomic E-state index is 2.36. The summed E-state index contributed by atoms with van der Waals surface area (Å²) < 4.78 is 2.36. The van der Waals surface area contributed by atoms with E-state index in [9.17, 15) is 0 Å². The van der Waals surface area contributed by atoms with Crippen LogP contribution < -0.4 is 0 Å². The van der Waals surface area contributed by atoms with Crippen LogP contribution in [0.25, 0.3) is 27.5 Å². The summed E-state index contributed by atoms with van der Waals surface area (Å²) in [5.74, 6) is 0. The number of nitrogens with zero attached hydrogens (tertiary/aromatic N) is 1. The van der Waals surface area contributed by atoms with Gasteiger partial charge in [0.1, 0.15) is 0 Å². The standard InChI is InChI=1S/C20H17N/c1-14-7-10-16(11-8-14)21-19-6-4-3-5-17(19)18-12-9-15(2)13-20(18)21/h3-13H,1-2H3. The van der Waals surface area contributed by atoms with Crippen molar-refractivity contribution in [2.45, 2.75) is 13.8 Å². The zero-order chi connectivity index (χ0) is 14.4. The SMILES string of the molecule is Cc1ccc(-n2c3ccccc3c3ccc(C)cc32)cc1. The van der Waals surface area contributed by atoms with E-state index < -0.39 is 0 Å². The van der Waals surface area contributed by atoms with Crippen molar-refractivity contribution in [2.75, 3.05) is 0 Å². The van der Waals surface area contributed by atoms with Crippen molar-refractivity contribution in [3.63, 3.8) is 0 Å². The molecule has 4 rings (SSSR count). The van der Waals surface area contributed by atoms with Crippen molar-refractivity contribution in [3.8, 4) is 5.69 Å². The van der Waals surface area contributed by atoms with Crippen LogP contribution in [0.1, 0.15) is 11.1 Å². The van der Waals surface area contributed by atoms with E-state index in [2.05, 4.69) is 85.1 Å². The molecule has 3 aromatic carbocycles. The molecule has 0 saturated heterocycles. The van der Waals surface area contributed by atoms with Gasteiger partial charge >= 0.3 is 0 Å². The Morgan fingerprint density at radius 1 is 0.619 bits per heavy atom. The summed E-state index contributed by atoms with van der Waals surface area (Å²) in [6, 6.07) is 24.1. The Morgan fingerprint density at radius 2 is 1.29 bits per heavy atom. The smallest absolute Gasteiger partial charge is 0.0543 e. The fraction of sp³-hybridized carbons (Fsp3) is 0.100. The first-order valence-electron chi connectivity index (χ1n) is 7.31. The van der Waals surface area contributed by atoms with Crippen LogP contribution in [-0.2, 0) is 0 Å². The van der Waals surface area contributed by atoms with Crippen LogP contribution in [0.15, 0.2) is 66.7 Å². The highest BCUT2D eigenvalue weighted by atomic mass is 15.0. The molecule has 4 aromatic rings. The Morgan fingerprint density at radius 3 is 2.10 bits per heavy atom. The third kappa shape index (κ3) is 1.85. The van der Waals surface area contributed by atoms with Crippen LogP contribution in [0, 0.1) is 13.8 Å². The topological polar surface area (TPSA) is 4.93 Å². The first-order valence-corrected chi connectivity index (χ1v) is 7.31. The number of para-hydroxylation sites is 1. The second kappa shape index (κ2) is 4.49. The largest absolute Gasteiger partial charge is 0.309 e. The fourth-order valence-electron chi connectivity index (χ4n) is 3.05. The molecule has 1 nitrogen and oxygen atoms in total. The molecule has 0 fully saturated rings. The van der Waals surface area contributed by atoms with Crippen LogP contribution in [0.5, 0.6) is 0 Å². The van der Waals surface area contributed by atoms with Crippen LogP contribution in [-0.4, -0.2) is 4.57 Å². The predicted molar refractivity (Wildman–Crippen MR) is 90.3 cm³/mol. The van der Waals surface area contributed by atoms with Crippen molar-refractivity contribution >= 4 is 21.8 Å². The predicted octanol–water partition coefficient (Wildman–Crippen LogP) is 5.40. The fourth-order valence-corrected chi connectivity index (χ4v) is 3.05. The van der Waals surface area contributed by atoms with E-state index in [1.165, 1.54) is 38.6 Å². The number of hydrogen-bond donors (Lipinski definition) is 0. The number of aromatic nitrogens is 1. The lowest BCUT2D eigenvalue weighted by Gasteiger charge is -2.08. The van der Waals surface area contributed by atoms with E-state index >= 15 is 0 Å². The minimum Gasteiger partial charge on any atom is -0.309 e. The van der Waals surface area contributed by atoms with Gasteiger partial charge in [-0.15, -0.1) is 0 Å². The lowest BCUT2D eigenvalue weighted by molar-refractivity contribution is 1.17. The van der Waals surface area contributed by atoms with Crippen molar-refractivity contribution in [1.82, 2.24) is 4.57 Å². The van der Waals surface area contributed by atoms with Gasteiger partial charge in [-0.1, -0.05) is 48.0 Å². The molecule has 0 N–H and O–H groups in total. The van der Waals surface area contributed by atoms with Crippen LogP contribution in [0.3, 0.4) is 0 Å². The molecule has 0 aliphatic rings. The molecule has 0 bridgehead atoms. The van der Waals surface area contributed by atoms with E-state index in [0.717, 1.165) is 0 Å². The summed E-state index contributed by atoms with van der Waals surface area (Å²) in [6.07, 6.45) is 0. The Balaban J connectivity index is 2.18. The molecule has 1 aromatic heterocycles. The molecule has 0 spiro atoms. The van der Waals surface area contributed by atoms with Crippen molar-refractivity contribution < 1.29 is 0 Å². The van der Waals surface area contributed by atoms with Gasteiger partial charge in [0, 0.05) is 16.5 Å². The molecular formula is C20H17N. The second-order valence-corrected chi connectivity index (χ2v) is 5.71. The highest BCUT2D eigenvalue weighted by Crippen LogP contribution is 2.32. The molecule has 0 aliphatic heterocycles. The number of hydrogen-bond acceptors (Lipinski definition) is 0. The van der Waals surface area contributed by atoms with Gasteiger partial charge in [0.15, 0.2) is 0 Å². The quantitative estimate of drug-likeness (QED) is 0.437. The first kappa shape index (κ1) is 12.2. The van der Waals surface area contributed by atoms with Gasteiger partial charge in [-0.3, -0.25) is 0 Å². The van der Waals surface area contributed by atoms with E-state index in [1.807, 2.05) is 0 Å². The molecule has 102 valence electrons. The van der Waals surface area contributed by atoms with Crippen LogP contribution in [0.2, 0.25) is 0 Å². The molecule has 0 unspecified atom stereocenters. The maximum Gasteiger partial charge on any atom is 0.0543 e. The first-order chi connectivity index (χ1) is 10.2. The number of rotatable bonds is 1. The van der Waals surface area contributed by atoms with Gasteiger partial charge < -0.3 is 4.57 Å². The summed E-state index contributed by atoms with van der Waals surface area (Å²) in [7, 11) is 0. The number of fused-ring (bicyclic) bond motifs is 3. The molecule has 0 aliphatic carbocycles. The highest BCUT2D eigenvalue weighted by molar-refractivity contribution is 6.09. The molecule has 0 saturated carbocycles. The average molecular weight is 271 g/mol. The van der Waals surface area contributed by atoms with E-state index in [1.54, 1.807) is 0 Å². The second-order valence-electron chi connectivity index (χ2n) is 5.71. The summed E-state index contributed by atoms with van der Waals surface area (Å²) in [6.45, 7) is 4.27. The number of benzene rings is 3. The molecule has 21 heavy (non-hydrogen) atoms. The van der Waals surface area contributed by atoms with Crippen molar-refractivity contribution in [1.29, 1.82) is 0 Å². The zero-order valence-corrected chi connectivity index (χ0v) is 12.3. The normalized spacial score (nSPS) is 11.3. The van der Waals surface area contributed by atoms with E-state index in [-0.39, 0.29) is 0 Å².